The summed E-state index contributed by atoms with van der Waals surface area (Å²) in [5.41, 5.74) is 0. The van der Waals surface area contributed by atoms with Crippen LogP contribution in [0.3, 0.4) is 0 Å². The Morgan fingerprint density at radius 1 is 1.09 bits per heavy atom. The maximum atomic E-state index is 12.9. The molecule has 3 aliphatic rings. The van der Waals surface area contributed by atoms with Gasteiger partial charge in [0.05, 0.1) is 11.8 Å². The number of nitrogens with one attached hydrogen (secondary N) is 1. The van der Waals surface area contributed by atoms with Gasteiger partial charge in [0.1, 0.15) is 0 Å². The van der Waals surface area contributed by atoms with Crippen LogP contribution in [0.1, 0.15) is 25.7 Å². The highest BCUT2D eigenvalue weighted by Gasteiger charge is 2.54. The van der Waals surface area contributed by atoms with Gasteiger partial charge in [-0.3, -0.25) is 4.79 Å². The van der Waals surface area contributed by atoms with Crippen LogP contribution in [0.5, 0.6) is 0 Å². The average molecular weight is 320 g/mol. The monoisotopic (exact) mass is 320 g/mol. The fourth-order valence-corrected chi connectivity index (χ4v) is 3.32. The molecule has 2 atom stereocenters. The molecule has 124 valence electrons. The molecule has 2 aliphatic carbocycles. The van der Waals surface area contributed by atoms with E-state index in [9.17, 15) is 22.8 Å². The van der Waals surface area contributed by atoms with E-state index in [4.69, 9.17) is 5.11 Å². The molecule has 1 aliphatic heterocycles. The summed E-state index contributed by atoms with van der Waals surface area (Å²) in [5, 5.41) is 11.8. The van der Waals surface area contributed by atoms with Gasteiger partial charge >= 0.3 is 18.2 Å². The lowest BCUT2D eigenvalue weighted by Gasteiger charge is -2.23. The largest absolute Gasteiger partial charge is 0.481 e. The fraction of sp³-hybridized carbons (Fsp3) is 0.857. The van der Waals surface area contributed by atoms with Gasteiger partial charge in [-0.1, -0.05) is 0 Å². The number of likely N-dealkylation sites (tertiary alicyclic amines) is 1. The van der Waals surface area contributed by atoms with Gasteiger partial charge in [0.25, 0.3) is 0 Å². The fourth-order valence-electron chi connectivity index (χ4n) is 3.32. The number of halogens is 3. The zero-order chi connectivity index (χ0) is 16.1. The van der Waals surface area contributed by atoms with E-state index in [-0.39, 0.29) is 12.6 Å². The van der Waals surface area contributed by atoms with Crippen molar-refractivity contribution in [2.75, 3.05) is 13.1 Å². The van der Waals surface area contributed by atoms with Crippen molar-refractivity contribution in [1.82, 2.24) is 10.2 Å². The van der Waals surface area contributed by atoms with Crippen LogP contribution < -0.4 is 5.32 Å². The van der Waals surface area contributed by atoms with E-state index >= 15 is 0 Å². The Kier molecular flexibility index (Phi) is 3.72. The number of amides is 2. The second-order valence-electron chi connectivity index (χ2n) is 6.65. The zero-order valence-electron chi connectivity index (χ0n) is 12.0. The minimum absolute atomic E-state index is 0.0423. The molecule has 0 aromatic heterocycles. The Labute approximate surface area is 125 Å². The molecule has 3 fully saturated rings. The highest BCUT2D eigenvalue weighted by Crippen LogP contribution is 2.45. The number of urea groups is 1. The van der Waals surface area contributed by atoms with Crippen molar-refractivity contribution in [2.45, 2.75) is 37.9 Å². The molecule has 1 saturated heterocycles. The van der Waals surface area contributed by atoms with Crippen LogP contribution in [-0.4, -0.2) is 47.3 Å². The number of carbonyl (C=O) groups excluding carboxylic acids is 1. The highest BCUT2D eigenvalue weighted by molar-refractivity contribution is 5.78. The molecule has 2 amide bonds. The van der Waals surface area contributed by atoms with E-state index < -0.39 is 36.6 Å². The van der Waals surface area contributed by atoms with Gasteiger partial charge in [0.2, 0.25) is 0 Å². The lowest BCUT2D eigenvalue weighted by Crippen LogP contribution is -2.46. The second-order valence-corrected chi connectivity index (χ2v) is 6.65. The smallest absolute Gasteiger partial charge is 0.394 e. The van der Waals surface area contributed by atoms with E-state index in [1.807, 2.05) is 0 Å². The molecular weight excluding hydrogens is 301 g/mol. The van der Waals surface area contributed by atoms with Gasteiger partial charge in [-0.15, -0.1) is 0 Å². The van der Waals surface area contributed by atoms with Crippen LogP contribution in [0.15, 0.2) is 0 Å². The number of rotatable bonds is 4. The van der Waals surface area contributed by atoms with Crippen molar-refractivity contribution in [1.29, 1.82) is 0 Å². The van der Waals surface area contributed by atoms with Crippen LogP contribution in [-0.2, 0) is 4.79 Å². The van der Waals surface area contributed by atoms with Gasteiger partial charge in [-0.2, -0.15) is 13.2 Å². The van der Waals surface area contributed by atoms with Crippen molar-refractivity contribution < 1.29 is 27.9 Å². The van der Waals surface area contributed by atoms with Crippen LogP contribution in [0.2, 0.25) is 0 Å². The Balaban J connectivity index is 1.64. The molecule has 0 unspecified atom stereocenters. The summed E-state index contributed by atoms with van der Waals surface area (Å²) >= 11 is 0. The number of carboxylic acid groups (broad SMARTS) is 1. The van der Waals surface area contributed by atoms with Crippen molar-refractivity contribution in [3.05, 3.63) is 0 Å². The first-order valence-corrected chi connectivity index (χ1v) is 7.62. The predicted molar refractivity (Wildman–Crippen MR) is 70.0 cm³/mol. The summed E-state index contributed by atoms with van der Waals surface area (Å²) < 4.78 is 38.8. The molecule has 0 radical (unpaired) electrons. The lowest BCUT2D eigenvalue weighted by atomic mass is 9.96. The molecule has 5 nitrogen and oxygen atoms in total. The van der Waals surface area contributed by atoms with E-state index in [1.54, 1.807) is 0 Å². The maximum Gasteiger partial charge on any atom is 0.394 e. The summed E-state index contributed by atoms with van der Waals surface area (Å²) in [6.45, 7) is -0.957. The first-order chi connectivity index (χ1) is 10.3. The van der Waals surface area contributed by atoms with Crippen LogP contribution in [0.4, 0.5) is 18.0 Å². The van der Waals surface area contributed by atoms with Crippen LogP contribution in [0.25, 0.3) is 0 Å². The molecule has 0 spiro atoms. The minimum Gasteiger partial charge on any atom is -0.481 e. The highest BCUT2D eigenvalue weighted by atomic mass is 19.4. The normalized spacial score (nSPS) is 29.0. The summed E-state index contributed by atoms with van der Waals surface area (Å²) in [7, 11) is 0. The summed E-state index contributed by atoms with van der Waals surface area (Å²) in [6.07, 6.45) is -0.423. The molecule has 1 heterocycles. The van der Waals surface area contributed by atoms with E-state index in [0.29, 0.717) is 11.8 Å². The number of hydrogen-bond acceptors (Lipinski definition) is 2. The number of carboxylic acids is 1. The molecule has 2 saturated carbocycles. The van der Waals surface area contributed by atoms with E-state index in [2.05, 4.69) is 5.32 Å². The summed E-state index contributed by atoms with van der Waals surface area (Å²) in [6, 6.07) is -0.512. The minimum atomic E-state index is -4.61. The Bertz CT molecular complexity index is 462. The van der Waals surface area contributed by atoms with E-state index in [0.717, 1.165) is 30.6 Å². The van der Waals surface area contributed by atoms with Crippen molar-refractivity contribution in [3.63, 3.8) is 0 Å². The molecule has 22 heavy (non-hydrogen) atoms. The second kappa shape index (κ2) is 5.31. The number of nitrogens with zero attached hydrogens (tertiary/aromatic N) is 1. The number of alkyl halides is 3. The number of carbonyl (C=O) groups is 2. The van der Waals surface area contributed by atoms with Crippen molar-refractivity contribution >= 4 is 12.0 Å². The van der Waals surface area contributed by atoms with Crippen LogP contribution >= 0.6 is 0 Å². The topological polar surface area (TPSA) is 69.6 Å². The van der Waals surface area contributed by atoms with Crippen molar-refractivity contribution in [3.8, 4) is 0 Å². The SMILES string of the molecule is O=C(O)[C@@H]1CN(C(=O)NC(C2CC2)C2CC2)C[C@H]1C(F)(F)F. The van der Waals surface area contributed by atoms with E-state index in [1.165, 1.54) is 0 Å². The van der Waals surface area contributed by atoms with Gasteiger partial charge in [0, 0.05) is 19.1 Å². The molecule has 2 N–H and O–H groups in total. The zero-order valence-corrected chi connectivity index (χ0v) is 12.0. The number of hydrogen-bond donors (Lipinski definition) is 2. The van der Waals surface area contributed by atoms with Gasteiger partial charge < -0.3 is 15.3 Å². The molecule has 0 bridgehead atoms. The quantitative estimate of drug-likeness (QED) is 0.833. The van der Waals surface area contributed by atoms with Gasteiger partial charge in [0.15, 0.2) is 0 Å². The van der Waals surface area contributed by atoms with Crippen molar-refractivity contribution in [2.24, 2.45) is 23.7 Å². The Morgan fingerprint density at radius 3 is 2.00 bits per heavy atom. The molecule has 8 heteroatoms. The third-order valence-electron chi connectivity index (χ3n) is 4.89. The first-order valence-electron chi connectivity index (χ1n) is 7.62. The van der Waals surface area contributed by atoms with Crippen LogP contribution in [0, 0.1) is 23.7 Å². The molecule has 0 aromatic rings. The number of aliphatic carboxylic acids is 1. The lowest BCUT2D eigenvalue weighted by molar-refractivity contribution is -0.187. The Hall–Kier alpha value is -1.47. The third-order valence-corrected chi connectivity index (χ3v) is 4.89. The molecule has 3 rings (SSSR count). The summed E-state index contributed by atoms with van der Waals surface area (Å²) in [5.74, 6) is -4.19. The first kappa shape index (κ1) is 15.4. The Morgan fingerprint density at radius 2 is 1.64 bits per heavy atom. The standard InChI is InChI=1S/C14H19F3N2O3/c15-14(16,17)10-6-19(5-9(10)12(20)21)13(22)18-11(7-1-2-7)8-3-4-8/h7-11H,1-6H2,(H,18,22)(H,20,21)/t9-,10-/m1/s1. The molecule has 0 aromatic carbocycles. The van der Waals surface area contributed by atoms with Gasteiger partial charge in [-0.05, 0) is 37.5 Å². The third kappa shape index (κ3) is 3.15. The van der Waals surface area contributed by atoms with Gasteiger partial charge in [-0.25, -0.2) is 4.79 Å². The predicted octanol–water partition coefficient (Wildman–Crippen LogP) is 2.08. The average Bonchev–Trinajstić information content (AvgIpc) is 3.32. The summed E-state index contributed by atoms with van der Waals surface area (Å²) in [4.78, 5) is 24.3. The maximum absolute atomic E-state index is 12.9. The molecular formula is C14H19F3N2O3.